The van der Waals surface area contributed by atoms with Gasteiger partial charge in [0.25, 0.3) is 0 Å². The van der Waals surface area contributed by atoms with Crippen LogP contribution in [0.3, 0.4) is 0 Å². The van der Waals surface area contributed by atoms with E-state index in [-0.39, 0.29) is 0 Å². The first-order valence-corrected chi connectivity index (χ1v) is 7.18. The van der Waals surface area contributed by atoms with Crippen LogP contribution < -0.4 is 5.32 Å². The zero-order valence-electron chi connectivity index (χ0n) is 11.9. The summed E-state index contributed by atoms with van der Waals surface area (Å²) in [7, 11) is 0. The summed E-state index contributed by atoms with van der Waals surface area (Å²) >= 11 is 0. The molecular formula is C14H26N4. The molecule has 1 N–H and O–H groups in total. The van der Waals surface area contributed by atoms with Crippen LogP contribution in [0.1, 0.15) is 45.2 Å². The molecule has 0 spiro atoms. The Balaban J connectivity index is 1.95. The Kier molecular flexibility index (Phi) is 4.78. The van der Waals surface area contributed by atoms with E-state index in [1.807, 2.05) is 10.9 Å². The molecule has 0 amide bonds. The summed E-state index contributed by atoms with van der Waals surface area (Å²) in [6.45, 7) is 11.0. The van der Waals surface area contributed by atoms with Crippen LogP contribution in [-0.4, -0.2) is 40.4 Å². The molecule has 0 bridgehead atoms. The molecule has 2 heterocycles. The van der Waals surface area contributed by atoms with E-state index >= 15 is 0 Å². The third-order valence-electron chi connectivity index (χ3n) is 3.76. The topological polar surface area (TPSA) is 33.1 Å². The Morgan fingerprint density at radius 1 is 1.56 bits per heavy atom. The summed E-state index contributed by atoms with van der Waals surface area (Å²) < 4.78 is 2.04. The van der Waals surface area contributed by atoms with Gasteiger partial charge in [-0.3, -0.25) is 9.58 Å². The van der Waals surface area contributed by atoms with Crippen LogP contribution in [0.25, 0.3) is 0 Å². The Bertz CT molecular complexity index is 352. The van der Waals surface area contributed by atoms with Gasteiger partial charge in [0, 0.05) is 36.9 Å². The van der Waals surface area contributed by atoms with Crippen molar-refractivity contribution in [1.29, 1.82) is 0 Å². The molecule has 0 aliphatic carbocycles. The van der Waals surface area contributed by atoms with E-state index in [1.165, 1.54) is 24.9 Å². The number of rotatable bonds is 5. The van der Waals surface area contributed by atoms with Gasteiger partial charge in [-0.15, -0.1) is 0 Å². The second-order valence-electron chi connectivity index (χ2n) is 5.49. The summed E-state index contributed by atoms with van der Waals surface area (Å²) in [6.07, 6.45) is 6.81. The molecule has 102 valence electrons. The van der Waals surface area contributed by atoms with Crippen molar-refractivity contribution in [2.45, 2.75) is 52.2 Å². The zero-order valence-corrected chi connectivity index (χ0v) is 11.9. The van der Waals surface area contributed by atoms with Crippen LogP contribution >= 0.6 is 0 Å². The molecular weight excluding hydrogens is 224 g/mol. The molecule has 2 rings (SSSR count). The third kappa shape index (κ3) is 3.33. The van der Waals surface area contributed by atoms with E-state index < -0.39 is 0 Å². The fraction of sp³-hybridized carbons (Fsp3) is 0.786. The average molecular weight is 250 g/mol. The van der Waals surface area contributed by atoms with Crippen molar-refractivity contribution >= 4 is 0 Å². The maximum atomic E-state index is 4.42. The van der Waals surface area contributed by atoms with Crippen molar-refractivity contribution in [2.75, 3.05) is 19.6 Å². The highest BCUT2D eigenvalue weighted by molar-refractivity contribution is 5.04. The average Bonchev–Trinajstić information content (AvgIpc) is 2.86. The van der Waals surface area contributed by atoms with Crippen LogP contribution in [0.5, 0.6) is 0 Å². The summed E-state index contributed by atoms with van der Waals surface area (Å²) in [4.78, 5) is 2.56. The Morgan fingerprint density at radius 3 is 2.94 bits per heavy atom. The molecule has 1 saturated heterocycles. The predicted molar refractivity (Wildman–Crippen MR) is 74.6 cm³/mol. The lowest BCUT2D eigenvalue weighted by atomic mass is 10.1. The molecule has 1 aromatic heterocycles. The van der Waals surface area contributed by atoms with Crippen LogP contribution in [0, 0.1) is 0 Å². The van der Waals surface area contributed by atoms with Crippen LogP contribution in [0.2, 0.25) is 0 Å². The van der Waals surface area contributed by atoms with Gasteiger partial charge in [0.1, 0.15) is 0 Å². The standard InChI is InChI=1S/C14H26N4/c1-4-17(14-6-5-7-15-9-14)10-13-8-16-18(11-13)12(2)3/h8,11-12,14-15H,4-7,9-10H2,1-3H3. The number of aromatic nitrogens is 2. The molecule has 1 aliphatic rings. The zero-order chi connectivity index (χ0) is 13.0. The van der Waals surface area contributed by atoms with Gasteiger partial charge in [0.2, 0.25) is 0 Å². The highest BCUT2D eigenvalue weighted by Gasteiger charge is 2.20. The van der Waals surface area contributed by atoms with E-state index in [9.17, 15) is 0 Å². The molecule has 0 radical (unpaired) electrons. The molecule has 4 heteroatoms. The normalized spacial score (nSPS) is 20.8. The minimum absolute atomic E-state index is 0.449. The maximum Gasteiger partial charge on any atom is 0.0534 e. The third-order valence-corrected chi connectivity index (χ3v) is 3.76. The van der Waals surface area contributed by atoms with Gasteiger partial charge in [0.05, 0.1) is 6.20 Å². The van der Waals surface area contributed by atoms with Gasteiger partial charge in [-0.2, -0.15) is 5.10 Å². The van der Waals surface area contributed by atoms with E-state index in [4.69, 9.17) is 0 Å². The van der Waals surface area contributed by atoms with Crippen LogP contribution in [0.4, 0.5) is 0 Å². The number of likely N-dealkylation sites (N-methyl/N-ethyl adjacent to an activating group) is 1. The summed E-state index contributed by atoms with van der Waals surface area (Å²) in [6, 6.07) is 1.14. The van der Waals surface area contributed by atoms with Crippen molar-refractivity contribution in [3.63, 3.8) is 0 Å². The lowest BCUT2D eigenvalue weighted by Crippen LogP contribution is -2.45. The number of nitrogens with zero attached hydrogens (tertiary/aromatic N) is 3. The number of hydrogen-bond donors (Lipinski definition) is 1. The first-order valence-electron chi connectivity index (χ1n) is 7.18. The summed E-state index contributed by atoms with van der Waals surface area (Å²) in [5, 5.41) is 7.92. The van der Waals surface area contributed by atoms with Gasteiger partial charge in [0.15, 0.2) is 0 Å². The minimum Gasteiger partial charge on any atom is -0.315 e. The molecule has 1 fully saturated rings. The lowest BCUT2D eigenvalue weighted by molar-refractivity contribution is 0.166. The second kappa shape index (κ2) is 6.34. The second-order valence-corrected chi connectivity index (χ2v) is 5.49. The summed E-state index contributed by atoms with van der Waals surface area (Å²) in [5.41, 5.74) is 1.33. The summed E-state index contributed by atoms with van der Waals surface area (Å²) in [5.74, 6) is 0. The quantitative estimate of drug-likeness (QED) is 0.868. The fourth-order valence-electron chi connectivity index (χ4n) is 2.62. The molecule has 4 nitrogen and oxygen atoms in total. The first kappa shape index (κ1) is 13.6. The number of nitrogens with one attached hydrogen (secondary N) is 1. The Labute approximate surface area is 110 Å². The molecule has 0 aromatic carbocycles. The molecule has 1 unspecified atom stereocenters. The number of piperidine rings is 1. The van der Waals surface area contributed by atoms with Crippen molar-refractivity contribution in [3.8, 4) is 0 Å². The predicted octanol–water partition coefficient (Wildman–Crippen LogP) is 2.04. The number of hydrogen-bond acceptors (Lipinski definition) is 3. The van der Waals surface area contributed by atoms with Gasteiger partial charge in [-0.25, -0.2) is 0 Å². The molecule has 1 atom stereocenters. The van der Waals surface area contributed by atoms with Crippen molar-refractivity contribution in [1.82, 2.24) is 20.0 Å². The highest BCUT2D eigenvalue weighted by atomic mass is 15.3. The van der Waals surface area contributed by atoms with E-state index in [1.54, 1.807) is 0 Å². The van der Waals surface area contributed by atoms with Crippen molar-refractivity contribution in [2.24, 2.45) is 0 Å². The minimum atomic E-state index is 0.449. The molecule has 1 aromatic rings. The lowest BCUT2D eigenvalue weighted by Gasteiger charge is -2.33. The van der Waals surface area contributed by atoms with E-state index in [2.05, 4.69) is 42.3 Å². The Hall–Kier alpha value is -0.870. The maximum absolute atomic E-state index is 4.42. The van der Waals surface area contributed by atoms with Gasteiger partial charge in [-0.1, -0.05) is 6.92 Å². The van der Waals surface area contributed by atoms with Gasteiger partial charge in [-0.05, 0) is 39.8 Å². The van der Waals surface area contributed by atoms with Gasteiger partial charge >= 0.3 is 0 Å². The largest absolute Gasteiger partial charge is 0.315 e. The molecule has 0 saturated carbocycles. The van der Waals surface area contributed by atoms with Crippen LogP contribution in [-0.2, 0) is 6.54 Å². The fourth-order valence-corrected chi connectivity index (χ4v) is 2.62. The monoisotopic (exact) mass is 250 g/mol. The first-order chi connectivity index (χ1) is 8.70. The molecule has 18 heavy (non-hydrogen) atoms. The SMILES string of the molecule is CCN(Cc1cnn(C(C)C)c1)C1CCCNC1. The highest BCUT2D eigenvalue weighted by Crippen LogP contribution is 2.14. The van der Waals surface area contributed by atoms with E-state index in [0.29, 0.717) is 12.1 Å². The van der Waals surface area contributed by atoms with E-state index in [0.717, 1.165) is 19.6 Å². The molecule has 1 aliphatic heterocycles. The van der Waals surface area contributed by atoms with Gasteiger partial charge < -0.3 is 5.32 Å². The van der Waals surface area contributed by atoms with Crippen LogP contribution in [0.15, 0.2) is 12.4 Å². The smallest absolute Gasteiger partial charge is 0.0534 e. The van der Waals surface area contributed by atoms with Crippen molar-refractivity contribution in [3.05, 3.63) is 18.0 Å². The van der Waals surface area contributed by atoms with Crippen molar-refractivity contribution < 1.29 is 0 Å². The Morgan fingerprint density at radius 2 is 2.39 bits per heavy atom.